The van der Waals surface area contributed by atoms with Crippen molar-refractivity contribution in [1.29, 1.82) is 0 Å². The van der Waals surface area contributed by atoms with Crippen LogP contribution in [0.4, 0.5) is 5.69 Å². The van der Waals surface area contributed by atoms with Crippen molar-refractivity contribution >= 4 is 23.2 Å². The molecule has 1 aromatic carbocycles. The topological polar surface area (TPSA) is 46.3 Å². The summed E-state index contributed by atoms with van der Waals surface area (Å²) in [5.74, 6) is 0.607. The Morgan fingerprint density at radius 2 is 2.25 bits per heavy atom. The number of amides is 1. The molecule has 0 unspecified atom stereocenters. The highest BCUT2D eigenvalue weighted by atomic mass is 35.5. The fourth-order valence-electron chi connectivity index (χ4n) is 2.09. The molecular formula is C12H15ClN2O. The maximum atomic E-state index is 11.7. The smallest absolute Gasteiger partial charge is 0.231 e. The second kappa shape index (κ2) is 4.85. The van der Waals surface area contributed by atoms with Gasteiger partial charge in [0.25, 0.3) is 0 Å². The fourth-order valence-corrected chi connectivity index (χ4v) is 2.26. The van der Waals surface area contributed by atoms with Crippen molar-refractivity contribution in [3.8, 4) is 0 Å². The zero-order chi connectivity index (χ0) is 11.5. The summed E-state index contributed by atoms with van der Waals surface area (Å²) in [6, 6.07) is 6.11. The molecule has 0 aliphatic carbocycles. The van der Waals surface area contributed by atoms with Gasteiger partial charge in [-0.25, -0.2) is 0 Å². The van der Waals surface area contributed by atoms with Crippen LogP contribution in [0.1, 0.15) is 11.1 Å². The van der Waals surface area contributed by atoms with Crippen LogP contribution >= 0.6 is 11.6 Å². The highest BCUT2D eigenvalue weighted by Gasteiger charge is 2.26. The molecule has 0 saturated heterocycles. The third-order valence-electron chi connectivity index (χ3n) is 2.82. The van der Waals surface area contributed by atoms with Crippen LogP contribution in [-0.2, 0) is 17.6 Å². The van der Waals surface area contributed by atoms with Gasteiger partial charge in [-0.1, -0.05) is 12.1 Å². The molecule has 3 nitrogen and oxygen atoms in total. The van der Waals surface area contributed by atoms with Crippen LogP contribution in [-0.4, -0.2) is 24.9 Å². The molecule has 0 saturated carbocycles. The molecule has 86 valence electrons. The Bertz CT molecular complexity index is 406. The first-order valence-corrected chi connectivity index (χ1v) is 5.98. The van der Waals surface area contributed by atoms with Gasteiger partial charge in [-0.2, -0.15) is 0 Å². The lowest BCUT2D eigenvalue weighted by Crippen LogP contribution is -2.28. The highest BCUT2D eigenvalue weighted by molar-refractivity contribution is 6.18. The number of hydrogen-bond donors (Lipinski definition) is 1. The van der Waals surface area contributed by atoms with E-state index in [0.29, 0.717) is 25.4 Å². The molecule has 0 aromatic heterocycles. The van der Waals surface area contributed by atoms with Gasteiger partial charge in [0.15, 0.2) is 0 Å². The van der Waals surface area contributed by atoms with Gasteiger partial charge < -0.3 is 10.6 Å². The second-order valence-electron chi connectivity index (χ2n) is 3.91. The number of benzene rings is 1. The summed E-state index contributed by atoms with van der Waals surface area (Å²) < 4.78 is 0. The molecule has 0 fully saturated rings. The first-order valence-electron chi connectivity index (χ1n) is 5.44. The van der Waals surface area contributed by atoms with Gasteiger partial charge in [0.05, 0.1) is 6.42 Å². The number of hydrogen-bond acceptors (Lipinski definition) is 2. The average molecular weight is 239 g/mol. The van der Waals surface area contributed by atoms with E-state index in [1.165, 1.54) is 5.56 Å². The summed E-state index contributed by atoms with van der Waals surface area (Å²) in [6.45, 7) is 1.22. The monoisotopic (exact) mass is 238 g/mol. The molecule has 1 aliphatic heterocycles. The molecular weight excluding hydrogens is 224 g/mol. The normalized spacial score (nSPS) is 14.4. The highest BCUT2D eigenvalue weighted by Crippen LogP contribution is 2.29. The molecule has 0 spiro atoms. The molecule has 1 amide bonds. The molecule has 0 bridgehead atoms. The number of nitrogens with two attached hydrogens (primary N) is 1. The fraction of sp³-hybridized carbons (Fsp3) is 0.417. The lowest BCUT2D eigenvalue weighted by atomic mass is 10.1. The second-order valence-corrected chi connectivity index (χ2v) is 4.29. The van der Waals surface area contributed by atoms with Crippen LogP contribution < -0.4 is 10.6 Å². The minimum absolute atomic E-state index is 0.139. The van der Waals surface area contributed by atoms with Crippen LogP contribution in [0.3, 0.4) is 0 Å². The van der Waals surface area contributed by atoms with Gasteiger partial charge in [-0.3, -0.25) is 4.79 Å². The van der Waals surface area contributed by atoms with Crippen LogP contribution in [0.5, 0.6) is 0 Å². The van der Waals surface area contributed by atoms with E-state index in [9.17, 15) is 4.79 Å². The molecule has 2 rings (SSSR count). The Morgan fingerprint density at radius 3 is 2.94 bits per heavy atom. The summed E-state index contributed by atoms with van der Waals surface area (Å²) in [7, 11) is 0. The van der Waals surface area contributed by atoms with E-state index in [1.54, 1.807) is 4.90 Å². The Kier molecular flexibility index (Phi) is 3.46. The summed E-state index contributed by atoms with van der Waals surface area (Å²) in [6.07, 6.45) is 1.35. The Morgan fingerprint density at radius 1 is 1.44 bits per heavy atom. The predicted molar refractivity (Wildman–Crippen MR) is 66.0 cm³/mol. The standard InChI is InChI=1S/C12H15ClN2O/c13-4-6-15-11-2-1-9(3-5-14)7-10(11)8-12(15)16/h1-2,7H,3-6,8,14H2. The van der Waals surface area contributed by atoms with E-state index in [0.717, 1.165) is 17.7 Å². The Balaban J connectivity index is 2.27. The lowest BCUT2D eigenvalue weighted by Gasteiger charge is -2.15. The van der Waals surface area contributed by atoms with Gasteiger partial charge in [0, 0.05) is 18.1 Å². The van der Waals surface area contributed by atoms with Crippen LogP contribution in [0.25, 0.3) is 0 Å². The van der Waals surface area contributed by atoms with Crippen molar-refractivity contribution in [2.45, 2.75) is 12.8 Å². The summed E-state index contributed by atoms with van der Waals surface area (Å²) >= 11 is 5.68. The molecule has 1 heterocycles. The van der Waals surface area contributed by atoms with Crippen LogP contribution in [0, 0.1) is 0 Å². The Hall–Kier alpha value is -1.06. The maximum Gasteiger partial charge on any atom is 0.231 e. The minimum atomic E-state index is 0.139. The number of nitrogens with zero attached hydrogens (tertiary/aromatic N) is 1. The van der Waals surface area contributed by atoms with Crippen molar-refractivity contribution in [3.63, 3.8) is 0 Å². The number of alkyl halides is 1. The van der Waals surface area contributed by atoms with Gasteiger partial charge in [0.1, 0.15) is 0 Å². The van der Waals surface area contributed by atoms with Crippen LogP contribution in [0.15, 0.2) is 18.2 Å². The van der Waals surface area contributed by atoms with E-state index < -0.39 is 0 Å². The van der Waals surface area contributed by atoms with Crippen molar-refractivity contribution < 1.29 is 4.79 Å². The van der Waals surface area contributed by atoms with E-state index in [1.807, 2.05) is 12.1 Å². The number of anilines is 1. The number of halogens is 1. The minimum Gasteiger partial charge on any atom is -0.330 e. The first kappa shape index (κ1) is 11.4. The Labute approximate surface area is 100 Å². The SMILES string of the molecule is NCCc1ccc2c(c1)CC(=O)N2CCCl. The number of carbonyl (C=O) groups excluding carboxylic acids is 1. The summed E-state index contributed by atoms with van der Waals surface area (Å²) in [5.41, 5.74) is 8.81. The molecule has 16 heavy (non-hydrogen) atoms. The van der Waals surface area contributed by atoms with Crippen molar-refractivity contribution in [3.05, 3.63) is 29.3 Å². The van der Waals surface area contributed by atoms with E-state index in [-0.39, 0.29) is 5.91 Å². The number of fused-ring (bicyclic) bond motifs is 1. The first-order chi connectivity index (χ1) is 7.76. The van der Waals surface area contributed by atoms with E-state index in [2.05, 4.69) is 6.07 Å². The largest absolute Gasteiger partial charge is 0.330 e. The molecule has 1 aromatic rings. The molecule has 0 atom stereocenters. The predicted octanol–water partition coefficient (Wildman–Crippen LogP) is 1.32. The molecule has 1 aliphatic rings. The van der Waals surface area contributed by atoms with Crippen molar-refractivity contribution in [2.75, 3.05) is 23.9 Å². The van der Waals surface area contributed by atoms with E-state index >= 15 is 0 Å². The summed E-state index contributed by atoms with van der Waals surface area (Å²) in [5, 5.41) is 0. The van der Waals surface area contributed by atoms with E-state index in [4.69, 9.17) is 17.3 Å². The quantitative estimate of drug-likeness (QED) is 0.805. The van der Waals surface area contributed by atoms with Crippen LogP contribution in [0.2, 0.25) is 0 Å². The third kappa shape index (κ3) is 2.06. The zero-order valence-corrected chi connectivity index (χ0v) is 9.83. The van der Waals surface area contributed by atoms with Crippen molar-refractivity contribution in [2.24, 2.45) is 5.73 Å². The number of rotatable bonds is 4. The summed E-state index contributed by atoms with van der Waals surface area (Å²) in [4.78, 5) is 13.5. The van der Waals surface area contributed by atoms with Gasteiger partial charge in [-0.15, -0.1) is 11.6 Å². The molecule has 2 N–H and O–H groups in total. The molecule has 4 heteroatoms. The van der Waals surface area contributed by atoms with Gasteiger partial charge in [-0.05, 0) is 30.2 Å². The molecule has 0 radical (unpaired) electrons. The van der Waals surface area contributed by atoms with Gasteiger partial charge >= 0.3 is 0 Å². The zero-order valence-electron chi connectivity index (χ0n) is 9.08. The van der Waals surface area contributed by atoms with Crippen molar-refractivity contribution in [1.82, 2.24) is 0 Å². The average Bonchev–Trinajstić information content (AvgIpc) is 2.56. The van der Waals surface area contributed by atoms with Gasteiger partial charge in [0.2, 0.25) is 5.91 Å². The third-order valence-corrected chi connectivity index (χ3v) is 2.99. The maximum absolute atomic E-state index is 11.7. The lowest BCUT2D eigenvalue weighted by molar-refractivity contribution is -0.117. The number of carbonyl (C=O) groups is 1.